The fourth-order valence-electron chi connectivity index (χ4n) is 1.04. The second kappa shape index (κ2) is 5.86. The van der Waals surface area contributed by atoms with Crippen LogP contribution in [0.4, 0.5) is 5.69 Å². The highest BCUT2D eigenvalue weighted by Crippen LogP contribution is 2.26. The molecule has 0 fully saturated rings. The van der Waals surface area contributed by atoms with Gasteiger partial charge in [-0.15, -0.1) is 0 Å². The summed E-state index contributed by atoms with van der Waals surface area (Å²) in [6.07, 6.45) is 0.212. The first-order valence-electron chi connectivity index (χ1n) is 4.51. The minimum atomic E-state index is -3.40. The molecule has 0 atom stereocenters. The van der Waals surface area contributed by atoms with Crippen LogP contribution in [0, 0.1) is 0 Å². The van der Waals surface area contributed by atoms with Gasteiger partial charge >= 0.3 is 0 Å². The number of rotatable bonds is 5. The lowest BCUT2D eigenvalue weighted by Gasteiger charge is -2.08. The molecule has 0 aliphatic carbocycles. The third kappa shape index (κ3) is 4.29. The summed E-state index contributed by atoms with van der Waals surface area (Å²) < 4.78 is 26.0. The Balaban J connectivity index is 2.76. The Labute approximate surface area is 108 Å². The number of aliphatic hydroxyl groups is 1. The van der Waals surface area contributed by atoms with E-state index in [0.717, 1.165) is 0 Å². The smallest absolute Gasteiger partial charge is 0.232 e. The summed E-state index contributed by atoms with van der Waals surface area (Å²) in [5.41, 5.74) is 0.439. The van der Waals surface area contributed by atoms with Gasteiger partial charge in [-0.3, -0.25) is 4.72 Å². The molecule has 0 radical (unpaired) electrons. The Kier molecular flexibility index (Phi) is 5.04. The molecule has 0 bridgehead atoms. The highest BCUT2D eigenvalue weighted by atomic mass is 79.9. The average Bonchev–Trinajstić information content (AvgIpc) is 2.20. The standard InChI is InChI=1S/C9H11BrClNO3S/c10-8-6-7(2-3-9(8)11)12-16(14,15)5-1-4-13/h2-3,6,12-13H,1,4-5H2. The van der Waals surface area contributed by atoms with Crippen LogP contribution in [0.3, 0.4) is 0 Å². The normalized spacial score (nSPS) is 11.4. The zero-order valence-corrected chi connectivity index (χ0v) is 11.4. The number of halogens is 2. The van der Waals surface area contributed by atoms with Gasteiger partial charge in [-0.2, -0.15) is 0 Å². The highest BCUT2D eigenvalue weighted by molar-refractivity contribution is 9.10. The molecule has 0 spiro atoms. The Morgan fingerprint density at radius 2 is 2.12 bits per heavy atom. The Morgan fingerprint density at radius 3 is 2.69 bits per heavy atom. The van der Waals surface area contributed by atoms with E-state index in [9.17, 15) is 8.42 Å². The zero-order chi connectivity index (χ0) is 12.2. The number of aliphatic hydroxyl groups excluding tert-OH is 1. The number of benzene rings is 1. The van der Waals surface area contributed by atoms with Crippen LogP contribution in [0.5, 0.6) is 0 Å². The molecule has 7 heteroatoms. The van der Waals surface area contributed by atoms with Gasteiger partial charge in [0.1, 0.15) is 0 Å². The summed E-state index contributed by atoms with van der Waals surface area (Å²) in [6, 6.07) is 4.75. The Hall–Kier alpha value is -0.300. The third-order valence-electron chi connectivity index (χ3n) is 1.76. The van der Waals surface area contributed by atoms with Crippen LogP contribution in [-0.2, 0) is 10.0 Å². The quantitative estimate of drug-likeness (QED) is 0.871. The van der Waals surface area contributed by atoms with E-state index in [1.54, 1.807) is 18.2 Å². The van der Waals surface area contributed by atoms with Crippen molar-refractivity contribution in [3.63, 3.8) is 0 Å². The summed E-state index contributed by atoms with van der Waals surface area (Å²) in [4.78, 5) is 0. The van der Waals surface area contributed by atoms with Gasteiger partial charge in [-0.1, -0.05) is 11.6 Å². The predicted octanol–water partition coefficient (Wildman–Crippen LogP) is 2.23. The van der Waals surface area contributed by atoms with Crippen LogP contribution in [0.1, 0.15) is 6.42 Å². The second-order valence-electron chi connectivity index (χ2n) is 3.13. The first kappa shape index (κ1) is 13.8. The van der Waals surface area contributed by atoms with Crippen molar-refractivity contribution in [1.29, 1.82) is 0 Å². The van der Waals surface area contributed by atoms with E-state index in [-0.39, 0.29) is 18.8 Å². The maximum atomic E-state index is 11.5. The maximum Gasteiger partial charge on any atom is 0.232 e. The number of anilines is 1. The molecule has 0 saturated carbocycles. The molecule has 0 aliphatic rings. The molecule has 2 N–H and O–H groups in total. The molecule has 1 aromatic carbocycles. The topological polar surface area (TPSA) is 66.4 Å². The van der Waals surface area contributed by atoms with E-state index < -0.39 is 10.0 Å². The Morgan fingerprint density at radius 1 is 1.44 bits per heavy atom. The summed E-state index contributed by atoms with van der Waals surface area (Å²) >= 11 is 8.98. The van der Waals surface area contributed by atoms with Crippen LogP contribution in [0.25, 0.3) is 0 Å². The van der Waals surface area contributed by atoms with Crippen molar-refractivity contribution in [3.05, 3.63) is 27.7 Å². The van der Waals surface area contributed by atoms with E-state index in [2.05, 4.69) is 20.7 Å². The number of nitrogens with one attached hydrogen (secondary N) is 1. The van der Waals surface area contributed by atoms with Gasteiger partial charge in [0.2, 0.25) is 10.0 Å². The molecular formula is C9H11BrClNO3S. The largest absolute Gasteiger partial charge is 0.396 e. The molecule has 0 unspecified atom stereocenters. The number of sulfonamides is 1. The lowest BCUT2D eigenvalue weighted by Crippen LogP contribution is -2.17. The molecule has 0 aliphatic heterocycles. The third-order valence-corrected chi connectivity index (χ3v) is 4.35. The lowest BCUT2D eigenvalue weighted by atomic mass is 10.3. The predicted molar refractivity (Wildman–Crippen MR) is 68.3 cm³/mol. The van der Waals surface area contributed by atoms with Gasteiger partial charge in [0.05, 0.1) is 10.8 Å². The van der Waals surface area contributed by atoms with Crippen LogP contribution >= 0.6 is 27.5 Å². The summed E-state index contributed by atoms with van der Waals surface area (Å²) in [7, 11) is -3.40. The van der Waals surface area contributed by atoms with Gasteiger partial charge in [0.15, 0.2) is 0 Å². The molecule has 0 amide bonds. The van der Waals surface area contributed by atoms with E-state index >= 15 is 0 Å². The molecule has 1 aromatic rings. The van der Waals surface area contributed by atoms with E-state index in [0.29, 0.717) is 15.2 Å². The molecule has 0 saturated heterocycles. The maximum absolute atomic E-state index is 11.5. The van der Waals surface area contributed by atoms with Crippen molar-refractivity contribution < 1.29 is 13.5 Å². The highest BCUT2D eigenvalue weighted by Gasteiger charge is 2.10. The van der Waals surface area contributed by atoms with Crippen LogP contribution < -0.4 is 4.72 Å². The van der Waals surface area contributed by atoms with Crippen LogP contribution in [0.2, 0.25) is 5.02 Å². The van der Waals surface area contributed by atoms with E-state index in [1.165, 1.54) is 0 Å². The van der Waals surface area contributed by atoms with Crippen LogP contribution in [0.15, 0.2) is 22.7 Å². The summed E-state index contributed by atoms with van der Waals surface area (Å²) in [5.74, 6) is -0.107. The molecule has 90 valence electrons. The Bertz CT molecular complexity index is 464. The van der Waals surface area contributed by atoms with Crippen molar-refractivity contribution in [2.45, 2.75) is 6.42 Å². The summed E-state index contributed by atoms with van der Waals surface area (Å²) in [6.45, 7) is -0.148. The fourth-order valence-corrected chi connectivity index (χ4v) is 2.64. The second-order valence-corrected chi connectivity index (χ2v) is 6.23. The van der Waals surface area contributed by atoms with Gasteiger partial charge in [0, 0.05) is 16.8 Å². The van der Waals surface area contributed by atoms with Crippen molar-refractivity contribution in [2.75, 3.05) is 17.1 Å². The van der Waals surface area contributed by atoms with Gasteiger partial charge in [-0.25, -0.2) is 8.42 Å². The molecule has 1 rings (SSSR count). The number of hydrogen-bond acceptors (Lipinski definition) is 3. The van der Waals surface area contributed by atoms with Gasteiger partial charge < -0.3 is 5.11 Å². The van der Waals surface area contributed by atoms with E-state index in [4.69, 9.17) is 16.7 Å². The van der Waals surface area contributed by atoms with Gasteiger partial charge in [-0.05, 0) is 40.5 Å². The first-order chi connectivity index (χ1) is 7.44. The van der Waals surface area contributed by atoms with Crippen molar-refractivity contribution in [1.82, 2.24) is 0 Å². The molecule has 0 heterocycles. The molecule has 0 aromatic heterocycles. The molecule has 4 nitrogen and oxygen atoms in total. The molecular weight excluding hydrogens is 318 g/mol. The fraction of sp³-hybridized carbons (Fsp3) is 0.333. The summed E-state index contributed by atoms with van der Waals surface area (Å²) in [5, 5.41) is 9.07. The minimum absolute atomic E-state index is 0.107. The van der Waals surface area contributed by atoms with E-state index in [1.807, 2.05) is 0 Å². The van der Waals surface area contributed by atoms with Crippen molar-refractivity contribution in [2.24, 2.45) is 0 Å². The average molecular weight is 329 g/mol. The number of hydrogen-bond donors (Lipinski definition) is 2. The lowest BCUT2D eigenvalue weighted by molar-refractivity contribution is 0.295. The van der Waals surface area contributed by atoms with Gasteiger partial charge in [0.25, 0.3) is 0 Å². The van der Waals surface area contributed by atoms with Crippen molar-refractivity contribution >= 4 is 43.2 Å². The van der Waals surface area contributed by atoms with Crippen molar-refractivity contribution in [3.8, 4) is 0 Å². The van der Waals surface area contributed by atoms with Crippen LogP contribution in [-0.4, -0.2) is 25.9 Å². The monoisotopic (exact) mass is 327 g/mol. The molecule has 16 heavy (non-hydrogen) atoms. The SMILES string of the molecule is O=S(=O)(CCCO)Nc1ccc(Cl)c(Br)c1. The minimum Gasteiger partial charge on any atom is -0.396 e. The first-order valence-corrected chi connectivity index (χ1v) is 7.33. The zero-order valence-electron chi connectivity index (χ0n) is 8.28.